The Balaban J connectivity index is 1.25. The summed E-state index contributed by atoms with van der Waals surface area (Å²) in [6.07, 6.45) is 8.13. The van der Waals surface area contributed by atoms with Crippen LogP contribution in [0.15, 0.2) is 48.9 Å². The summed E-state index contributed by atoms with van der Waals surface area (Å²) in [4.78, 5) is 28.4. The van der Waals surface area contributed by atoms with E-state index in [0.717, 1.165) is 37.6 Å². The van der Waals surface area contributed by atoms with Crippen molar-refractivity contribution in [3.8, 4) is 0 Å². The van der Waals surface area contributed by atoms with Crippen LogP contribution in [0.3, 0.4) is 0 Å². The first kappa shape index (κ1) is 19.1. The molecule has 2 aliphatic rings. The van der Waals surface area contributed by atoms with Crippen LogP contribution in [0.25, 0.3) is 11.0 Å². The number of aromatic nitrogens is 3. The predicted molar refractivity (Wildman–Crippen MR) is 118 cm³/mol. The highest BCUT2D eigenvalue weighted by Crippen LogP contribution is 2.21. The van der Waals surface area contributed by atoms with Gasteiger partial charge in [-0.05, 0) is 56.3 Å². The van der Waals surface area contributed by atoms with Gasteiger partial charge in [-0.3, -0.25) is 9.78 Å². The Bertz CT molecular complexity index is 1000. The van der Waals surface area contributed by atoms with Crippen molar-refractivity contribution in [3.05, 3.63) is 54.5 Å². The molecule has 7 nitrogen and oxygen atoms in total. The van der Waals surface area contributed by atoms with E-state index in [0.29, 0.717) is 18.7 Å². The van der Waals surface area contributed by atoms with Gasteiger partial charge in [0, 0.05) is 63.2 Å². The first-order valence-electron chi connectivity index (χ1n) is 10.9. The number of anilines is 1. The van der Waals surface area contributed by atoms with Gasteiger partial charge >= 0.3 is 0 Å². The second-order valence-electron chi connectivity index (χ2n) is 8.16. The average Bonchev–Trinajstić information content (AvgIpc) is 3.47. The SMILES string of the molecule is O=C(c1cccnc1)N1CCN(c2ccc3ccn(CCN4CCCC4)c3n2)CC1. The fourth-order valence-corrected chi connectivity index (χ4v) is 4.47. The van der Waals surface area contributed by atoms with Crippen molar-refractivity contribution in [2.24, 2.45) is 0 Å². The van der Waals surface area contributed by atoms with E-state index in [-0.39, 0.29) is 5.91 Å². The number of likely N-dealkylation sites (tertiary alicyclic amines) is 1. The molecule has 1 amide bonds. The van der Waals surface area contributed by atoms with E-state index in [1.807, 2.05) is 17.0 Å². The summed E-state index contributed by atoms with van der Waals surface area (Å²) in [5.41, 5.74) is 1.71. The third-order valence-corrected chi connectivity index (χ3v) is 6.25. The number of carbonyl (C=O) groups excluding carboxylic acids is 1. The Morgan fingerprint density at radius 1 is 0.933 bits per heavy atom. The number of amides is 1. The Kier molecular flexibility index (Phi) is 5.36. The minimum atomic E-state index is 0.0574. The van der Waals surface area contributed by atoms with E-state index in [2.05, 4.69) is 43.7 Å². The molecule has 0 bridgehead atoms. The molecular formula is C23H28N6O. The van der Waals surface area contributed by atoms with Crippen LogP contribution in [0, 0.1) is 0 Å². The fourth-order valence-electron chi connectivity index (χ4n) is 4.47. The number of hydrogen-bond donors (Lipinski definition) is 0. The second kappa shape index (κ2) is 8.44. The lowest BCUT2D eigenvalue weighted by Crippen LogP contribution is -2.49. The molecule has 0 spiro atoms. The smallest absolute Gasteiger partial charge is 0.255 e. The first-order valence-corrected chi connectivity index (χ1v) is 10.9. The maximum atomic E-state index is 12.7. The van der Waals surface area contributed by atoms with Gasteiger partial charge < -0.3 is 19.3 Å². The average molecular weight is 405 g/mol. The van der Waals surface area contributed by atoms with Gasteiger partial charge in [0.1, 0.15) is 11.5 Å². The fraction of sp³-hybridized carbons (Fsp3) is 0.435. The Morgan fingerprint density at radius 3 is 2.53 bits per heavy atom. The third-order valence-electron chi connectivity index (χ3n) is 6.25. The summed E-state index contributed by atoms with van der Waals surface area (Å²) < 4.78 is 2.28. The van der Waals surface area contributed by atoms with E-state index in [1.165, 1.54) is 31.3 Å². The minimum absolute atomic E-state index is 0.0574. The lowest BCUT2D eigenvalue weighted by atomic mass is 10.2. The molecule has 2 fully saturated rings. The Morgan fingerprint density at radius 2 is 1.77 bits per heavy atom. The van der Waals surface area contributed by atoms with Crippen molar-refractivity contribution in [2.45, 2.75) is 19.4 Å². The number of rotatable bonds is 5. The molecule has 0 aliphatic carbocycles. The van der Waals surface area contributed by atoms with Crippen molar-refractivity contribution in [2.75, 3.05) is 50.7 Å². The first-order chi connectivity index (χ1) is 14.8. The highest BCUT2D eigenvalue weighted by atomic mass is 16.2. The molecule has 5 heterocycles. The van der Waals surface area contributed by atoms with Crippen LogP contribution in [0.4, 0.5) is 5.82 Å². The van der Waals surface area contributed by atoms with Gasteiger partial charge in [-0.2, -0.15) is 0 Å². The molecule has 2 aliphatic heterocycles. The maximum absolute atomic E-state index is 12.7. The summed E-state index contributed by atoms with van der Waals surface area (Å²) in [6.45, 7) is 7.49. The van der Waals surface area contributed by atoms with Crippen LogP contribution in [0.5, 0.6) is 0 Å². The van der Waals surface area contributed by atoms with Gasteiger partial charge in [-0.15, -0.1) is 0 Å². The van der Waals surface area contributed by atoms with E-state index in [9.17, 15) is 4.79 Å². The third kappa shape index (κ3) is 3.89. The van der Waals surface area contributed by atoms with Crippen molar-refractivity contribution in [1.29, 1.82) is 0 Å². The van der Waals surface area contributed by atoms with E-state index in [1.54, 1.807) is 12.4 Å². The summed E-state index contributed by atoms with van der Waals surface area (Å²) in [6, 6.07) is 10.1. The zero-order chi connectivity index (χ0) is 20.3. The lowest BCUT2D eigenvalue weighted by molar-refractivity contribution is 0.0746. The van der Waals surface area contributed by atoms with Gasteiger partial charge in [0.2, 0.25) is 0 Å². The van der Waals surface area contributed by atoms with Gasteiger partial charge in [-0.25, -0.2) is 4.98 Å². The van der Waals surface area contributed by atoms with Crippen molar-refractivity contribution < 1.29 is 4.79 Å². The van der Waals surface area contributed by atoms with E-state index < -0.39 is 0 Å². The summed E-state index contributed by atoms with van der Waals surface area (Å²) in [5.74, 6) is 1.05. The molecule has 0 radical (unpaired) electrons. The standard InChI is InChI=1S/C23H28N6O/c30-23(20-4-3-8-24-18-20)29-16-14-27(15-17-29)21-6-5-19-7-11-28(22(19)25-21)13-12-26-9-1-2-10-26/h3-8,11,18H,1-2,9-10,12-17H2. The van der Waals surface area contributed by atoms with E-state index >= 15 is 0 Å². The molecule has 3 aromatic heterocycles. The van der Waals surface area contributed by atoms with Gasteiger partial charge in [-0.1, -0.05) is 0 Å². The van der Waals surface area contributed by atoms with Crippen LogP contribution in [-0.2, 0) is 6.54 Å². The van der Waals surface area contributed by atoms with Crippen LogP contribution < -0.4 is 4.90 Å². The molecule has 0 saturated carbocycles. The number of pyridine rings is 2. The number of carbonyl (C=O) groups is 1. The minimum Gasteiger partial charge on any atom is -0.353 e. The second-order valence-corrected chi connectivity index (χ2v) is 8.16. The number of piperazine rings is 1. The molecule has 0 aromatic carbocycles. The number of fused-ring (bicyclic) bond motifs is 1. The summed E-state index contributed by atoms with van der Waals surface area (Å²) in [5, 5.41) is 1.19. The monoisotopic (exact) mass is 404 g/mol. The quantitative estimate of drug-likeness (QED) is 0.654. The zero-order valence-corrected chi connectivity index (χ0v) is 17.3. The normalized spacial score (nSPS) is 17.7. The van der Waals surface area contributed by atoms with Gasteiger partial charge in [0.15, 0.2) is 0 Å². The molecule has 0 N–H and O–H groups in total. The molecule has 7 heteroatoms. The Hall–Kier alpha value is -2.93. The van der Waals surface area contributed by atoms with Gasteiger partial charge in [0.05, 0.1) is 5.56 Å². The molecule has 3 aromatic rings. The zero-order valence-electron chi connectivity index (χ0n) is 17.3. The van der Waals surface area contributed by atoms with Crippen LogP contribution in [0.2, 0.25) is 0 Å². The number of hydrogen-bond acceptors (Lipinski definition) is 5. The number of nitrogens with zero attached hydrogens (tertiary/aromatic N) is 6. The largest absolute Gasteiger partial charge is 0.353 e. The maximum Gasteiger partial charge on any atom is 0.255 e. The molecule has 0 unspecified atom stereocenters. The van der Waals surface area contributed by atoms with Crippen molar-refractivity contribution in [3.63, 3.8) is 0 Å². The predicted octanol–water partition coefficient (Wildman–Crippen LogP) is 2.49. The summed E-state index contributed by atoms with van der Waals surface area (Å²) >= 11 is 0. The molecule has 30 heavy (non-hydrogen) atoms. The van der Waals surface area contributed by atoms with Crippen LogP contribution >= 0.6 is 0 Å². The Labute approximate surface area is 176 Å². The molecular weight excluding hydrogens is 376 g/mol. The highest BCUT2D eigenvalue weighted by molar-refractivity contribution is 5.94. The van der Waals surface area contributed by atoms with E-state index in [4.69, 9.17) is 4.98 Å². The molecule has 0 atom stereocenters. The topological polar surface area (TPSA) is 57.5 Å². The van der Waals surface area contributed by atoms with Crippen LogP contribution in [-0.4, -0.2) is 76.1 Å². The lowest BCUT2D eigenvalue weighted by Gasteiger charge is -2.35. The van der Waals surface area contributed by atoms with Crippen molar-refractivity contribution >= 4 is 22.8 Å². The summed E-state index contributed by atoms with van der Waals surface area (Å²) in [7, 11) is 0. The molecule has 5 rings (SSSR count). The molecule has 156 valence electrons. The highest BCUT2D eigenvalue weighted by Gasteiger charge is 2.23. The molecule has 2 saturated heterocycles. The van der Waals surface area contributed by atoms with Crippen LogP contribution in [0.1, 0.15) is 23.2 Å². The van der Waals surface area contributed by atoms with Crippen molar-refractivity contribution in [1.82, 2.24) is 24.3 Å². The van der Waals surface area contributed by atoms with Gasteiger partial charge in [0.25, 0.3) is 5.91 Å².